The zero-order chi connectivity index (χ0) is 24.1. The number of nitrogens with zero attached hydrogens (tertiary/aromatic N) is 3. The van der Waals surface area contributed by atoms with E-state index in [2.05, 4.69) is 25.5 Å². The molecule has 2 amide bonds. The third-order valence-electron chi connectivity index (χ3n) is 6.00. The van der Waals surface area contributed by atoms with Gasteiger partial charge in [-0.25, -0.2) is 0 Å². The summed E-state index contributed by atoms with van der Waals surface area (Å²) in [4.78, 5) is 28.5. The normalized spacial score (nSPS) is 18.4. The molecule has 0 aliphatic carbocycles. The Morgan fingerprint density at radius 3 is 2.74 bits per heavy atom. The molecule has 1 aliphatic heterocycles. The minimum absolute atomic E-state index is 0.232. The smallest absolute Gasteiger partial charge is 0.247 e. The molecule has 1 saturated heterocycles. The molecule has 1 unspecified atom stereocenters. The van der Waals surface area contributed by atoms with Crippen LogP contribution in [0.15, 0.2) is 47.2 Å². The molecule has 11 heteroatoms. The highest BCUT2D eigenvalue weighted by Crippen LogP contribution is 2.31. The van der Waals surface area contributed by atoms with Crippen molar-refractivity contribution in [1.82, 2.24) is 25.1 Å². The van der Waals surface area contributed by atoms with E-state index in [-0.39, 0.29) is 17.9 Å². The third-order valence-corrected chi connectivity index (χ3v) is 7.34. The molecule has 1 aromatic carbocycles. The van der Waals surface area contributed by atoms with Crippen molar-refractivity contribution in [2.24, 2.45) is 0 Å². The average Bonchev–Trinajstić information content (AvgIpc) is 3.63. The Balaban J connectivity index is 1.51. The lowest BCUT2D eigenvalue weighted by molar-refractivity contribution is -0.139. The van der Waals surface area contributed by atoms with Crippen LogP contribution in [-0.4, -0.2) is 63.3 Å². The molecule has 1 aliphatic rings. The van der Waals surface area contributed by atoms with E-state index in [0.29, 0.717) is 23.7 Å². The number of hydrogen-bond acceptors (Lipinski definition) is 9. The molecule has 0 radical (unpaired) electrons. The molecular weight excluding hydrogens is 472 g/mol. The van der Waals surface area contributed by atoms with Crippen molar-refractivity contribution >= 4 is 39.7 Å². The monoisotopic (exact) mass is 500 g/mol. The quantitative estimate of drug-likeness (QED) is 0.333. The number of carbonyl (C=O) groups is 2. The number of thiophene rings is 1. The Kier molecular flexibility index (Phi) is 8.01. The number of nitrogens with one attached hydrogen (secondary N) is 3. The number of likely N-dealkylation sites (tertiary alicyclic amines) is 1. The SMILES string of the molecule is CN[C@@H](C)C(O)N[C@H](C(=O)N1CCC[C@H]1C(=O)Nc1snnc1-c1ccccc1)c1ccsc1. The summed E-state index contributed by atoms with van der Waals surface area (Å²) in [6.07, 6.45) is 0.351. The number of aliphatic hydroxyl groups is 1. The maximum Gasteiger partial charge on any atom is 0.247 e. The van der Waals surface area contributed by atoms with Gasteiger partial charge in [-0.2, -0.15) is 11.3 Å². The van der Waals surface area contributed by atoms with Crippen molar-refractivity contribution in [3.05, 3.63) is 52.7 Å². The second-order valence-corrected chi connectivity index (χ2v) is 9.71. The van der Waals surface area contributed by atoms with Gasteiger partial charge in [-0.05, 0) is 49.2 Å². The molecule has 3 heterocycles. The van der Waals surface area contributed by atoms with Crippen molar-refractivity contribution in [3.63, 3.8) is 0 Å². The molecular formula is C23H28N6O3S2. The Labute approximate surface area is 206 Å². The third kappa shape index (κ3) is 5.34. The minimum Gasteiger partial charge on any atom is -0.377 e. The van der Waals surface area contributed by atoms with Crippen molar-refractivity contribution in [3.8, 4) is 11.3 Å². The highest BCUT2D eigenvalue weighted by atomic mass is 32.1. The first-order chi connectivity index (χ1) is 16.5. The van der Waals surface area contributed by atoms with Crippen LogP contribution in [0.25, 0.3) is 11.3 Å². The number of aromatic nitrogens is 2. The lowest BCUT2D eigenvalue weighted by Gasteiger charge is -2.31. The Morgan fingerprint density at radius 1 is 1.24 bits per heavy atom. The zero-order valence-corrected chi connectivity index (χ0v) is 20.6. The number of rotatable bonds is 9. The maximum atomic E-state index is 13.6. The van der Waals surface area contributed by atoms with E-state index in [1.54, 1.807) is 11.9 Å². The van der Waals surface area contributed by atoms with Gasteiger partial charge in [-0.1, -0.05) is 34.8 Å². The highest BCUT2D eigenvalue weighted by molar-refractivity contribution is 7.10. The second-order valence-electron chi connectivity index (χ2n) is 8.17. The lowest BCUT2D eigenvalue weighted by Crippen LogP contribution is -2.52. The maximum absolute atomic E-state index is 13.6. The molecule has 34 heavy (non-hydrogen) atoms. The first kappa shape index (κ1) is 24.4. The number of anilines is 1. The van der Waals surface area contributed by atoms with Crippen LogP contribution in [0.3, 0.4) is 0 Å². The number of amides is 2. The van der Waals surface area contributed by atoms with Crippen molar-refractivity contribution in [1.29, 1.82) is 0 Å². The standard InChI is InChI=1S/C23H28N6O3S2/c1-14(24-2)20(30)25-19(16-10-12-33-13-16)23(32)29-11-6-9-17(29)21(31)26-22-18(27-28-34-22)15-7-4-3-5-8-15/h3-5,7-8,10,12-14,17,19-20,24-25,30H,6,9,11H2,1-2H3,(H,26,31)/t14-,17-,19-,20?/m0/s1. The number of benzene rings is 1. The van der Waals surface area contributed by atoms with Gasteiger partial charge in [0, 0.05) is 29.7 Å². The van der Waals surface area contributed by atoms with Crippen LogP contribution < -0.4 is 16.0 Å². The largest absolute Gasteiger partial charge is 0.377 e. The van der Waals surface area contributed by atoms with Crippen LogP contribution in [0.5, 0.6) is 0 Å². The molecule has 0 saturated carbocycles. The van der Waals surface area contributed by atoms with Gasteiger partial charge in [0.15, 0.2) is 0 Å². The molecule has 4 N–H and O–H groups in total. The Hall–Kier alpha value is -2.70. The number of hydrogen-bond donors (Lipinski definition) is 4. The van der Waals surface area contributed by atoms with Crippen molar-refractivity contribution in [2.45, 2.75) is 44.1 Å². The van der Waals surface area contributed by atoms with E-state index < -0.39 is 18.3 Å². The fraction of sp³-hybridized carbons (Fsp3) is 0.391. The van der Waals surface area contributed by atoms with Crippen LogP contribution in [0.4, 0.5) is 5.00 Å². The van der Waals surface area contributed by atoms with E-state index in [1.165, 1.54) is 11.3 Å². The van der Waals surface area contributed by atoms with E-state index in [0.717, 1.165) is 29.1 Å². The zero-order valence-electron chi connectivity index (χ0n) is 19.0. The fourth-order valence-corrected chi connectivity index (χ4v) is 5.23. The molecule has 180 valence electrons. The van der Waals surface area contributed by atoms with Gasteiger partial charge in [0.2, 0.25) is 11.8 Å². The predicted molar refractivity (Wildman–Crippen MR) is 133 cm³/mol. The summed E-state index contributed by atoms with van der Waals surface area (Å²) in [6.45, 7) is 2.30. The molecule has 4 rings (SSSR count). The summed E-state index contributed by atoms with van der Waals surface area (Å²) >= 11 is 2.59. The van der Waals surface area contributed by atoms with Crippen molar-refractivity contribution < 1.29 is 14.7 Å². The van der Waals surface area contributed by atoms with E-state index in [4.69, 9.17) is 0 Å². The predicted octanol–water partition coefficient (Wildman–Crippen LogP) is 2.45. The van der Waals surface area contributed by atoms with E-state index in [9.17, 15) is 14.7 Å². The topological polar surface area (TPSA) is 119 Å². The molecule has 2 aromatic heterocycles. The number of likely N-dealkylation sites (N-methyl/N-ethyl adjacent to an activating group) is 1. The second kappa shape index (κ2) is 11.2. The summed E-state index contributed by atoms with van der Waals surface area (Å²) in [5.41, 5.74) is 2.23. The summed E-state index contributed by atoms with van der Waals surface area (Å²) < 4.78 is 4.01. The van der Waals surface area contributed by atoms with Gasteiger partial charge >= 0.3 is 0 Å². The molecule has 0 spiro atoms. The first-order valence-corrected chi connectivity index (χ1v) is 12.8. The number of carbonyl (C=O) groups excluding carboxylic acids is 2. The molecule has 3 aromatic rings. The van der Waals surface area contributed by atoms with E-state index >= 15 is 0 Å². The van der Waals surface area contributed by atoms with Crippen molar-refractivity contribution in [2.75, 3.05) is 18.9 Å². The molecule has 4 atom stereocenters. The van der Waals surface area contributed by atoms with Gasteiger partial charge in [0.1, 0.15) is 29.0 Å². The van der Waals surface area contributed by atoms with Crippen LogP contribution in [0.2, 0.25) is 0 Å². The lowest BCUT2D eigenvalue weighted by atomic mass is 10.1. The average molecular weight is 501 g/mol. The number of aliphatic hydroxyl groups excluding tert-OH is 1. The fourth-order valence-electron chi connectivity index (χ4n) is 3.94. The van der Waals surface area contributed by atoms with E-state index in [1.807, 2.05) is 54.1 Å². The van der Waals surface area contributed by atoms with Gasteiger partial charge in [-0.3, -0.25) is 14.9 Å². The van der Waals surface area contributed by atoms with Crippen LogP contribution in [-0.2, 0) is 9.59 Å². The van der Waals surface area contributed by atoms with Gasteiger partial charge in [0.05, 0.1) is 0 Å². The van der Waals surface area contributed by atoms with Gasteiger partial charge in [-0.15, -0.1) is 5.10 Å². The summed E-state index contributed by atoms with van der Waals surface area (Å²) in [7, 11) is 1.75. The summed E-state index contributed by atoms with van der Waals surface area (Å²) in [5, 5.41) is 28.0. The summed E-state index contributed by atoms with van der Waals surface area (Å²) in [6, 6.07) is 9.76. The van der Waals surface area contributed by atoms with Crippen LogP contribution >= 0.6 is 22.9 Å². The molecule has 1 fully saturated rings. The first-order valence-electron chi connectivity index (χ1n) is 11.1. The van der Waals surface area contributed by atoms with Gasteiger partial charge < -0.3 is 20.6 Å². The van der Waals surface area contributed by atoms with Crippen LogP contribution in [0, 0.1) is 0 Å². The Morgan fingerprint density at radius 2 is 2.03 bits per heavy atom. The molecule has 0 bridgehead atoms. The van der Waals surface area contributed by atoms with Gasteiger partial charge in [0.25, 0.3) is 0 Å². The Bertz CT molecular complexity index is 1090. The van der Waals surface area contributed by atoms with Crippen LogP contribution in [0.1, 0.15) is 31.4 Å². The molecule has 9 nitrogen and oxygen atoms in total. The highest BCUT2D eigenvalue weighted by Gasteiger charge is 2.39. The minimum atomic E-state index is -0.939. The summed E-state index contributed by atoms with van der Waals surface area (Å²) in [5.74, 6) is -0.494.